The van der Waals surface area contributed by atoms with Gasteiger partial charge in [-0.3, -0.25) is 4.79 Å². The number of rotatable bonds is 8. The molecular weight excluding hydrogens is 364 g/mol. The van der Waals surface area contributed by atoms with Crippen molar-refractivity contribution in [2.75, 3.05) is 25.0 Å². The highest BCUT2D eigenvalue weighted by molar-refractivity contribution is 7.89. The Labute approximate surface area is 161 Å². The highest BCUT2D eigenvalue weighted by atomic mass is 32.2. The average molecular weight is 393 g/mol. The lowest BCUT2D eigenvalue weighted by molar-refractivity contribution is -0.120. The minimum atomic E-state index is -3.58. The van der Waals surface area contributed by atoms with E-state index in [-0.39, 0.29) is 17.3 Å². The van der Waals surface area contributed by atoms with Crippen LogP contribution < -0.4 is 10.6 Å². The average Bonchev–Trinajstić information content (AvgIpc) is 3.10. The van der Waals surface area contributed by atoms with Gasteiger partial charge < -0.3 is 10.6 Å². The molecule has 2 rings (SSSR count). The fourth-order valence-corrected chi connectivity index (χ4v) is 5.14. The Kier molecular flexibility index (Phi) is 6.84. The fourth-order valence-electron chi connectivity index (χ4n) is 3.43. The minimum Gasteiger partial charge on any atom is -0.376 e. The molecule has 1 amide bonds. The lowest BCUT2D eigenvalue weighted by Crippen LogP contribution is -2.47. The zero-order chi connectivity index (χ0) is 20.1. The maximum Gasteiger partial charge on any atom is 0.243 e. The Morgan fingerprint density at radius 3 is 2.44 bits per heavy atom. The largest absolute Gasteiger partial charge is 0.376 e. The monoisotopic (exact) mass is 392 g/mol. The lowest BCUT2D eigenvalue weighted by Gasteiger charge is -2.22. The summed E-state index contributed by atoms with van der Waals surface area (Å²) in [5.41, 5.74) is 0.453. The molecule has 0 unspecified atom stereocenters. The molecule has 0 bridgehead atoms. The number of sulfonamides is 1. The van der Waals surface area contributed by atoms with Crippen molar-refractivity contribution < 1.29 is 13.2 Å². The minimum absolute atomic E-state index is 0.0166. The third-order valence-electron chi connectivity index (χ3n) is 5.01. The van der Waals surface area contributed by atoms with E-state index in [0.29, 0.717) is 37.2 Å². The van der Waals surface area contributed by atoms with Crippen molar-refractivity contribution in [2.45, 2.75) is 56.9 Å². The van der Waals surface area contributed by atoms with E-state index in [0.717, 1.165) is 12.8 Å². The highest BCUT2D eigenvalue weighted by Crippen LogP contribution is 2.29. The molecule has 0 spiro atoms. The Hall–Kier alpha value is -2.11. The standard InChI is InChI=1S/C19H28N4O3S/c1-4-23(5-2)27(25,26)17-12-16(9-8-15(17)3)21-13-18(24)22-19(14-20)10-6-7-11-19/h8-9,12,21H,4-7,10-11,13H2,1-3H3,(H,22,24). The van der Waals surface area contributed by atoms with E-state index in [2.05, 4.69) is 16.7 Å². The Morgan fingerprint density at radius 2 is 1.89 bits per heavy atom. The van der Waals surface area contributed by atoms with Crippen LogP contribution in [-0.4, -0.2) is 43.8 Å². The molecule has 0 saturated heterocycles. The van der Waals surface area contributed by atoms with E-state index in [1.165, 1.54) is 4.31 Å². The molecule has 0 radical (unpaired) electrons. The summed E-state index contributed by atoms with van der Waals surface area (Å²) < 4.78 is 27.0. The van der Waals surface area contributed by atoms with Crippen molar-refractivity contribution in [2.24, 2.45) is 0 Å². The quantitative estimate of drug-likeness (QED) is 0.707. The zero-order valence-corrected chi connectivity index (χ0v) is 17.0. The summed E-state index contributed by atoms with van der Waals surface area (Å²) in [6.45, 7) is 6.14. The lowest BCUT2D eigenvalue weighted by atomic mass is 10.00. The van der Waals surface area contributed by atoms with Gasteiger partial charge in [-0.25, -0.2) is 8.42 Å². The zero-order valence-electron chi connectivity index (χ0n) is 16.2. The van der Waals surface area contributed by atoms with Crippen LogP contribution in [0.2, 0.25) is 0 Å². The van der Waals surface area contributed by atoms with Crippen LogP contribution in [0.1, 0.15) is 45.1 Å². The van der Waals surface area contributed by atoms with Gasteiger partial charge in [0.1, 0.15) is 5.54 Å². The molecule has 2 N–H and O–H groups in total. The van der Waals surface area contributed by atoms with Gasteiger partial charge in [-0.05, 0) is 50.3 Å². The van der Waals surface area contributed by atoms with Crippen LogP contribution in [0.25, 0.3) is 0 Å². The normalized spacial score (nSPS) is 16.1. The van der Waals surface area contributed by atoms with E-state index in [1.54, 1.807) is 39.0 Å². The van der Waals surface area contributed by atoms with Gasteiger partial charge >= 0.3 is 0 Å². The van der Waals surface area contributed by atoms with Gasteiger partial charge in [-0.2, -0.15) is 9.57 Å². The van der Waals surface area contributed by atoms with Crippen LogP contribution >= 0.6 is 0 Å². The topological polar surface area (TPSA) is 102 Å². The smallest absolute Gasteiger partial charge is 0.243 e. The first-order chi connectivity index (χ1) is 12.8. The van der Waals surface area contributed by atoms with Gasteiger partial charge in [-0.15, -0.1) is 0 Å². The van der Waals surface area contributed by atoms with Gasteiger partial charge in [0.2, 0.25) is 15.9 Å². The van der Waals surface area contributed by atoms with Crippen LogP contribution in [0.5, 0.6) is 0 Å². The maximum absolute atomic E-state index is 12.8. The van der Waals surface area contributed by atoms with Gasteiger partial charge in [0, 0.05) is 18.8 Å². The number of hydrogen-bond donors (Lipinski definition) is 2. The molecule has 148 valence electrons. The number of aryl methyl sites for hydroxylation is 1. The summed E-state index contributed by atoms with van der Waals surface area (Å²) in [6.07, 6.45) is 3.22. The molecule has 1 aromatic carbocycles. The Balaban J connectivity index is 2.10. The predicted molar refractivity (Wildman–Crippen MR) is 105 cm³/mol. The van der Waals surface area contributed by atoms with Crippen LogP contribution in [0, 0.1) is 18.3 Å². The molecule has 8 heteroatoms. The molecule has 7 nitrogen and oxygen atoms in total. The van der Waals surface area contributed by atoms with Gasteiger partial charge in [0.05, 0.1) is 17.5 Å². The molecule has 1 saturated carbocycles. The number of anilines is 1. The number of amides is 1. The van der Waals surface area contributed by atoms with Crippen LogP contribution in [0.15, 0.2) is 23.1 Å². The molecule has 0 aliphatic heterocycles. The van der Waals surface area contributed by atoms with E-state index in [9.17, 15) is 18.5 Å². The second kappa shape index (κ2) is 8.72. The first-order valence-corrected chi connectivity index (χ1v) is 10.8. The van der Waals surface area contributed by atoms with Crippen LogP contribution in [0.4, 0.5) is 5.69 Å². The SMILES string of the molecule is CCN(CC)S(=O)(=O)c1cc(NCC(=O)NC2(C#N)CCCC2)ccc1C. The predicted octanol–water partition coefficient (Wildman–Crippen LogP) is 2.39. The third kappa shape index (κ3) is 4.79. The molecule has 0 heterocycles. The van der Waals surface area contributed by atoms with Crippen molar-refractivity contribution in [3.63, 3.8) is 0 Å². The Bertz CT molecular complexity index is 820. The van der Waals surface area contributed by atoms with Crippen molar-refractivity contribution in [3.8, 4) is 6.07 Å². The van der Waals surface area contributed by atoms with Crippen LogP contribution in [0.3, 0.4) is 0 Å². The molecule has 0 atom stereocenters. The molecule has 0 aromatic heterocycles. The summed E-state index contributed by atoms with van der Waals surface area (Å²) in [7, 11) is -3.58. The van der Waals surface area contributed by atoms with Crippen LogP contribution in [-0.2, 0) is 14.8 Å². The highest BCUT2D eigenvalue weighted by Gasteiger charge is 2.35. The van der Waals surface area contributed by atoms with Crippen molar-refractivity contribution in [1.82, 2.24) is 9.62 Å². The number of benzene rings is 1. The van der Waals surface area contributed by atoms with Crippen molar-refractivity contribution >= 4 is 21.6 Å². The molecule has 27 heavy (non-hydrogen) atoms. The second-order valence-electron chi connectivity index (χ2n) is 6.87. The van der Waals surface area contributed by atoms with Gasteiger partial charge in [0.15, 0.2) is 0 Å². The summed E-state index contributed by atoms with van der Waals surface area (Å²) in [6, 6.07) is 7.26. The summed E-state index contributed by atoms with van der Waals surface area (Å²) in [4.78, 5) is 12.5. The van der Waals surface area contributed by atoms with Crippen molar-refractivity contribution in [3.05, 3.63) is 23.8 Å². The first-order valence-electron chi connectivity index (χ1n) is 9.35. The molecule has 1 fully saturated rings. The van der Waals surface area contributed by atoms with Crippen molar-refractivity contribution in [1.29, 1.82) is 5.26 Å². The number of hydrogen-bond acceptors (Lipinski definition) is 5. The van der Waals surface area contributed by atoms with E-state index < -0.39 is 15.6 Å². The van der Waals surface area contributed by atoms with E-state index in [1.807, 2.05) is 0 Å². The summed E-state index contributed by atoms with van der Waals surface area (Å²) in [5, 5.41) is 15.1. The van der Waals surface area contributed by atoms with E-state index >= 15 is 0 Å². The first kappa shape index (κ1) is 21.2. The second-order valence-corrected chi connectivity index (χ2v) is 8.78. The number of carbonyl (C=O) groups excluding carboxylic acids is 1. The number of carbonyl (C=O) groups is 1. The number of nitrogens with one attached hydrogen (secondary N) is 2. The number of nitriles is 1. The fraction of sp³-hybridized carbons (Fsp3) is 0.579. The van der Waals surface area contributed by atoms with E-state index in [4.69, 9.17) is 0 Å². The number of nitrogens with zero attached hydrogens (tertiary/aromatic N) is 2. The van der Waals surface area contributed by atoms with Gasteiger partial charge in [-0.1, -0.05) is 19.9 Å². The molecular formula is C19H28N4O3S. The third-order valence-corrected chi connectivity index (χ3v) is 7.21. The summed E-state index contributed by atoms with van der Waals surface area (Å²) >= 11 is 0. The molecule has 1 aliphatic carbocycles. The molecule has 1 aliphatic rings. The summed E-state index contributed by atoms with van der Waals surface area (Å²) in [5.74, 6) is -0.271. The molecule has 1 aromatic rings. The Morgan fingerprint density at radius 1 is 1.26 bits per heavy atom. The maximum atomic E-state index is 12.8. The van der Waals surface area contributed by atoms with Gasteiger partial charge in [0.25, 0.3) is 0 Å².